The molecule has 0 bridgehead atoms. The SMILES string of the molecule is O=C1O[C@H](c2ccccc2)[C@H](c2ccccc2)N2[C@H]1[C@@H](C(=O)NCCc1ccccn1)[C@]1(C(=O)Nc3ccc(C#CC4(O)CCCCCC4)cc31)[C@H]2c1ccccc1OCCO. The van der Waals surface area contributed by atoms with Gasteiger partial charge in [0.1, 0.15) is 35.5 Å². The van der Waals surface area contributed by atoms with Crippen molar-refractivity contribution in [1.29, 1.82) is 0 Å². The van der Waals surface area contributed by atoms with Crippen LogP contribution in [0.1, 0.15) is 90.2 Å². The minimum absolute atomic E-state index is 0.0280. The Morgan fingerprint density at radius 2 is 1.58 bits per heavy atom. The van der Waals surface area contributed by atoms with Crippen molar-refractivity contribution in [3.05, 3.63) is 161 Å². The van der Waals surface area contributed by atoms with Crippen molar-refractivity contribution in [2.45, 2.75) is 80.2 Å². The van der Waals surface area contributed by atoms with Crippen molar-refractivity contribution >= 4 is 23.5 Å². The molecule has 1 aromatic heterocycles. The summed E-state index contributed by atoms with van der Waals surface area (Å²) in [5.41, 5.74) is 1.55. The highest BCUT2D eigenvalue weighted by atomic mass is 16.6. The van der Waals surface area contributed by atoms with Crippen molar-refractivity contribution in [3.8, 4) is 17.6 Å². The van der Waals surface area contributed by atoms with Crippen molar-refractivity contribution in [1.82, 2.24) is 15.2 Å². The number of benzene rings is 4. The highest BCUT2D eigenvalue weighted by Crippen LogP contribution is 2.65. The lowest BCUT2D eigenvalue weighted by Crippen LogP contribution is -2.55. The number of nitrogens with one attached hydrogen (secondary N) is 2. The standard InChI is InChI=1S/C51H50N4O7/c56-31-32-61-41-21-10-9-20-38(41)46-51(39-33-34(22-23-40(39)54-49(51)59)24-28-50(60)26-12-1-2-13-27-50)42(47(57)53-30-25-37-19-11-14-29-52-37)44-48(58)62-45(36-17-7-4-8-18-36)43(55(44)46)35-15-5-3-6-16-35/h3-11,14-23,29,33,42-46,56,60H,1-2,12-13,25-27,30-32H2,(H,53,57)(H,54,59)/t42-,43-,44-,45+,46+,51-/m0/s1. The number of hydrogen-bond donors (Lipinski definition) is 4. The number of esters is 1. The van der Waals surface area contributed by atoms with E-state index in [1.54, 1.807) is 18.3 Å². The minimum Gasteiger partial charge on any atom is -0.491 e. The van der Waals surface area contributed by atoms with Gasteiger partial charge in [-0.2, -0.15) is 0 Å². The number of carbonyl (C=O) groups is 3. The second kappa shape index (κ2) is 17.6. The Bertz CT molecular complexity index is 2480. The zero-order chi connectivity index (χ0) is 42.7. The third-order valence-electron chi connectivity index (χ3n) is 12.9. The molecule has 3 fully saturated rings. The summed E-state index contributed by atoms with van der Waals surface area (Å²) >= 11 is 0. The number of morpholine rings is 1. The van der Waals surface area contributed by atoms with Crippen LogP contribution >= 0.6 is 0 Å². The number of amides is 2. The molecule has 3 aliphatic heterocycles. The number of fused-ring (bicyclic) bond motifs is 3. The summed E-state index contributed by atoms with van der Waals surface area (Å²) in [6.45, 7) is -0.0945. The van der Waals surface area contributed by atoms with Crippen molar-refractivity contribution in [2.75, 3.05) is 25.1 Å². The van der Waals surface area contributed by atoms with Crippen LogP contribution in [0.2, 0.25) is 0 Å². The smallest absolute Gasteiger partial charge is 0.324 e. The van der Waals surface area contributed by atoms with Gasteiger partial charge in [0.25, 0.3) is 0 Å². The Labute approximate surface area is 361 Å². The first kappa shape index (κ1) is 41.1. The first-order valence-corrected chi connectivity index (χ1v) is 21.6. The minimum atomic E-state index is -1.76. The number of cyclic esters (lactones) is 1. The molecule has 0 radical (unpaired) electrons. The van der Waals surface area contributed by atoms with E-state index in [0.717, 1.165) is 42.5 Å². The molecule has 4 N–H and O–H groups in total. The number of ether oxygens (including phenoxy) is 2. The van der Waals surface area contributed by atoms with Crippen molar-refractivity contribution in [2.24, 2.45) is 5.92 Å². The van der Waals surface area contributed by atoms with Gasteiger partial charge in [-0.3, -0.25) is 24.3 Å². The maximum atomic E-state index is 15.6. The number of carbonyl (C=O) groups excluding carboxylic acids is 3. The van der Waals surface area contributed by atoms with E-state index in [1.807, 2.05) is 114 Å². The first-order chi connectivity index (χ1) is 30.3. The van der Waals surface area contributed by atoms with Crippen LogP contribution in [0.5, 0.6) is 5.75 Å². The summed E-state index contributed by atoms with van der Waals surface area (Å²) in [5.74, 6) is 3.91. The molecular weight excluding hydrogens is 781 g/mol. The number of rotatable bonds is 10. The fourth-order valence-corrected chi connectivity index (χ4v) is 10.2. The number of para-hydroxylation sites is 1. The van der Waals surface area contributed by atoms with Gasteiger partial charge in [0.2, 0.25) is 11.8 Å². The van der Waals surface area contributed by atoms with Gasteiger partial charge >= 0.3 is 5.97 Å². The highest BCUT2D eigenvalue weighted by Gasteiger charge is 2.74. The Kier molecular flexibility index (Phi) is 11.6. The Morgan fingerprint density at radius 1 is 0.871 bits per heavy atom. The van der Waals surface area contributed by atoms with Gasteiger partial charge in [0, 0.05) is 41.7 Å². The number of aliphatic hydroxyl groups is 2. The quantitative estimate of drug-likeness (QED) is 0.0702. The molecule has 11 nitrogen and oxygen atoms in total. The number of nitrogens with zero attached hydrogens (tertiary/aromatic N) is 2. The third kappa shape index (κ3) is 7.53. The van der Waals surface area contributed by atoms with Crippen LogP contribution in [0.4, 0.5) is 5.69 Å². The molecule has 0 unspecified atom stereocenters. The van der Waals surface area contributed by atoms with E-state index in [-0.39, 0.29) is 19.8 Å². The Morgan fingerprint density at radius 3 is 2.31 bits per heavy atom. The molecule has 62 heavy (non-hydrogen) atoms. The molecular formula is C51H50N4O7. The van der Waals surface area contributed by atoms with Crippen LogP contribution in [0.25, 0.3) is 0 Å². The van der Waals surface area contributed by atoms with Gasteiger partial charge in [0.05, 0.1) is 24.6 Å². The van der Waals surface area contributed by atoms with Gasteiger partial charge in [-0.15, -0.1) is 0 Å². The molecule has 2 amide bonds. The van der Waals surface area contributed by atoms with Crippen LogP contribution in [0.15, 0.2) is 128 Å². The monoisotopic (exact) mass is 830 g/mol. The zero-order valence-corrected chi connectivity index (χ0v) is 34.4. The fraction of sp³-hybridized carbons (Fsp3) is 0.333. The van der Waals surface area contributed by atoms with E-state index in [4.69, 9.17) is 9.47 Å². The maximum absolute atomic E-state index is 15.6. The van der Waals surface area contributed by atoms with Gasteiger partial charge < -0.3 is 30.3 Å². The summed E-state index contributed by atoms with van der Waals surface area (Å²) in [6.07, 6.45) is 6.28. The average Bonchev–Trinajstić information content (AvgIpc) is 3.67. The number of hydrogen-bond acceptors (Lipinski definition) is 9. The summed E-state index contributed by atoms with van der Waals surface area (Å²) in [5, 5.41) is 27.8. The van der Waals surface area contributed by atoms with Crippen LogP contribution < -0.4 is 15.4 Å². The highest BCUT2D eigenvalue weighted by molar-refractivity contribution is 6.12. The number of anilines is 1. The van der Waals surface area contributed by atoms with Crippen LogP contribution in [-0.4, -0.2) is 69.3 Å². The molecule has 316 valence electrons. The largest absolute Gasteiger partial charge is 0.491 e. The first-order valence-electron chi connectivity index (χ1n) is 21.6. The maximum Gasteiger partial charge on any atom is 0.324 e. The fourth-order valence-electron chi connectivity index (χ4n) is 10.2. The predicted octanol–water partition coefficient (Wildman–Crippen LogP) is 6.52. The molecule has 1 spiro atoms. The summed E-state index contributed by atoms with van der Waals surface area (Å²) in [7, 11) is 0. The van der Waals surface area contributed by atoms with E-state index in [9.17, 15) is 10.2 Å². The lowest BCUT2D eigenvalue weighted by Gasteiger charge is -2.46. The topological polar surface area (TPSA) is 150 Å². The predicted molar refractivity (Wildman–Crippen MR) is 233 cm³/mol. The van der Waals surface area contributed by atoms with E-state index in [1.165, 1.54) is 0 Å². The molecule has 11 heteroatoms. The molecule has 4 heterocycles. The second-order valence-corrected chi connectivity index (χ2v) is 16.6. The van der Waals surface area contributed by atoms with Crippen LogP contribution in [0.3, 0.4) is 0 Å². The second-order valence-electron chi connectivity index (χ2n) is 16.6. The Hall–Kier alpha value is -6.32. The molecule has 4 aromatic carbocycles. The average molecular weight is 831 g/mol. The summed E-state index contributed by atoms with van der Waals surface area (Å²) < 4.78 is 12.8. The molecule has 9 rings (SSSR count). The molecule has 2 saturated heterocycles. The van der Waals surface area contributed by atoms with E-state index in [2.05, 4.69) is 27.5 Å². The van der Waals surface area contributed by atoms with Crippen molar-refractivity contribution < 1.29 is 34.1 Å². The van der Waals surface area contributed by atoms with E-state index in [0.29, 0.717) is 47.4 Å². The normalized spacial score (nSPS) is 25.0. The summed E-state index contributed by atoms with van der Waals surface area (Å²) in [4.78, 5) is 52.6. The Balaban J connectivity index is 1.29. The molecule has 6 atom stereocenters. The number of aliphatic hydroxyl groups excluding tert-OH is 1. The summed E-state index contributed by atoms with van der Waals surface area (Å²) in [6, 6.07) is 34.6. The molecule has 1 aliphatic carbocycles. The van der Waals surface area contributed by atoms with E-state index >= 15 is 14.4 Å². The number of pyridine rings is 1. The van der Waals surface area contributed by atoms with Crippen LogP contribution in [0, 0.1) is 17.8 Å². The van der Waals surface area contributed by atoms with E-state index < -0.39 is 58.9 Å². The molecule has 1 saturated carbocycles. The number of aromatic nitrogens is 1. The lowest BCUT2D eigenvalue weighted by molar-refractivity contribution is -0.178. The van der Waals surface area contributed by atoms with Gasteiger partial charge in [-0.05, 0) is 78.8 Å². The van der Waals surface area contributed by atoms with Gasteiger partial charge in [-0.1, -0.05) is 110 Å². The van der Waals surface area contributed by atoms with Crippen LogP contribution in [-0.2, 0) is 31.0 Å². The molecule has 5 aromatic rings. The van der Waals surface area contributed by atoms with Crippen molar-refractivity contribution in [3.63, 3.8) is 0 Å². The van der Waals surface area contributed by atoms with Gasteiger partial charge in [-0.25, -0.2) is 0 Å². The van der Waals surface area contributed by atoms with Gasteiger partial charge in [0.15, 0.2) is 0 Å². The zero-order valence-electron chi connectivity index (χ0n) is 34.4. The lowest BCUT2D eigenvalue weighted by atomic mass is 9.65. The third-order valence-corrected chi connectivity index (χ3v) is 12.9. The molecule has 4 aliphatic rings.